The van der Waals surface area contributed by atoms with Crippen molar-refractivity contribution in [2.45, 2.75) is 19.1 Å². The molecule has 29 heavy (non-hydrogen) atoms. The van der Waals surface area contributed by atoms with Gasteiger partial charge in [-0.15, -0.1) is 0 Å². The van der Waals surface area contributed by atoms with Crippen molar-refractivity contribution in [1.29, 1.82) is 0 Å². The third kappa shape index (κ3) is 6.36. The van der Waals surface area contributed by atoms with E-state index < -0.39 is 0 Å². The van der Waals surface area contributed by atoms with Gasteiger partial charge in [-0.25, -0.2) is 10.1 Å². The summed E-state index contributed by atoms with van der Waals surface area (Å²) < 4.78 is 17.3. The number of rotatable bonds is 8. The number of hydrogen-bond acceptors (Lipinski definition) is 5. The molecule has 1 aliphatic rings. The Morgan fingerprint density at radius 2 is 2.03 bits per heavy atom. The molecule has 1 fully saturated rings. The Labute approximate surface area is 170 Å². The molecule has 0 aliphatic carbocycles. The molecule has 2 aromatic rings. The Balaban J connectivity index is 1.76. The predicted octanol–water partition coefficient (Wildman–Crippen LogP) is 1.05. The summed E-state index contributed by atoms with van der Waals surface area (Å²) >= 11 is 0. The van der Waals surface area contributed by atoms with E-state index >= 15 is 0 Å². The molecule has 7 heteroatoms. The van der Waals surface area contributed by atoms with Crippen LogP contribution in [0.25, 0.3) is 0 Å². The third-order valence-electron chi connectivity index (χ3n) is 4.27. The molecule has 0 spiro atoms. The van der Waals surface area contributed by atoms with Gasteiger partial charge in [0.05, 0.1) is 18.8 Å². The average molecular weight is 396 g/mol. The summed E-state index contributed by atoms with van der Waals surface area (Å²) in [6.45, 7) is 1.59. The minimum atomic E-state index is -0.346. The van der Waals surface area contributed by atoms with Crippen LogP contribution in [0.1, 0.15) is 22.3 Å². The van der Waals surface area contributed by atoms with Gasteiger partial charge in [0.1, 0.15) is 24.2 Å². The molecule has 1 heterocycles. The lowest BCUT2D eigenvalue weighted by atomic mass is 10.1. The Bertz CT molecular complexity index is 862. The smallest absolute Gasteiger partial charge is 0.339 e. The molecule has 0 radical (unpaired) electrons. The maximum absolute atomic E-state index is 12.6. The van der Waals surface area contributed by atoms with Gasteiger partial charge in [-0.2, -0.15) is 0 Å². The van der Waals surface area contributed by atoms with Gasteiger partial charge >= 0.3 is 5.91 Å². The van der Waals surface area contributed by atoms with Crippen LogP contribution in [0, 0.1) is 0 Å². The van der Waals surface area contributed by atoms with Crippen LogP contribution in [-0.2, 0) is 11.3 Å². The van der Waals surface area contributed by atoms with Crippen LogP contribution in [0.15, 0.2) is 60.8 Å². The van der Waals surface area contributed by atoms with Crippen LogP contribution in [0.4, 0.5) is 0 Å². The zero-order valence-corrected chi connectivity index (χ0v) is 16.4. The van der Waals surface area contributed by atoms with Crippen LogP contribution in [0.2, 0.25) is 0 Å². The van der Waals surface area contributed by atoms with Crippen molar-refractivity contribution in [3.63, 3.8) is 0 Å². The fraction of sp³-hybridized carbons (Fsp3) is 0.273. The second-order valence-electron chi connectivity index (χ2n) is 6.60. The number of amides is 1. The first-order valence-corrected chi connectivity index (χ1v) is 9.48. The molecule has 1 aliphatic heterocycles. The molecule has 0 saturated carbocycles. The molecule has 2 aromatic carbocycles. The number of nitrogens with one attached hydrogen (secondary N) is 2. The van der Waals surface area contributed by atoms with E-state index in [9.17, 15) is 4.79 Å². The van der Waals surface area contributed by atoms with Gasteiger partial charge in [-0.3, -0.25) is 5.41 Å². The van der Waals surface area contributed by atoms with Crippen LogP contribution in [0.3, 0.4) is 0 Å². The normalized spacial score (nSPS) is 15.8. The molecule has 0 bridgehead atoms. The van der Waals surface area contributed by atoms with Crippen LogP contribution >= 0.6 is 0 Å². The average Bonchev–Trinajstić information content (AvgIpc) is 3.24. The first kappa shape index (κ1) is 20.4. The standard InChI is InChI=1S/C22H25N3O4/c1-24-9-7-21(23)25-22(26)17-11-19(28-14-16-5-3-2-4-6-16)13-20(12-17)29-18-8-10-27-15-18/h2-7,9,11-13,18,24H,8,10,14-15H2,1H3,(H2,23,25,26)/p+1/b9-7-. The number of nitrogens with two attached hydrogens (primary N) is 1. The van der Waals surface area contributed by atoms with E-state index in [1.165, 1.54) is 0 Å². The molecule has 7 nitrogen and oxygen atoms in total. The molecule has 4 N–H and O–H groups in total. The topological polar surface area (TPSA) is 94.4 Å². The fourth-order valence-electron chi connectivity index (χ4n) is 2.81. The summed E-state index contributed by atoms with van der Waals surface area (Å²) in [6, 6.07) is 15.0. The van der Waals surface area contributed by atoms with Gasteiger partial charge in [0, 0.05) is 31.8 Å². The van der Waals surface area contributed by atoms with Crippen molar-refractivity contribution in [1.82, 2.24) is 10.6 Å². The van der Waals surface area contributed by atoms with Crippen molar-refractivity contribution < 1.29 is 24.4 Å². The Kier molecular flexibility index (Phi) is 7.24. The molecular formula is C22H26N3O4+. The molecule has 152 valence electrons. The lowest BCUT2D eigenvalue weighted by molar-refractivity contribution is -0.115. The lowest BCUT2D eigenvalue weighted by Crippen LogP contribution is -2.49. The Morgan fingerprint density at radius 3 is 2.76 bits per heavy atom. The van der Waals surface area contributed by atoms with E-state index in [0.717, 1.165) is 12.0 Å². The number of carbonyl (C=O) groups excluding carboxylic acids is 1. The molecule has 3 rings (SSSR count). The van der Waals surface area contributed by atoms with Crippen molar-refractivity contribution in [3.8, 4) is 11.5 Å². The summed E-state index contributed by atoms with van der Waals surface area (Å²) in [4.78, 5) is 12.6. The highest BCUT2D eigenvalue weighted by Crippen LogP contribution is 2.26. The van der Waals surface area contributed by atoms with Crippen molar-refractivity contribution in [2.24, 2.45) is 0 Å². The summed E-state index contributed by atoms with van der Waals surface area (Å²) in [5, 5.41) is 11.3. The third-order valence-corrected chi connectivity index (χ3v) is 4.27. The highest BCUT2D eigenvalue weighted by Gasteiger charge is 2.20. The van der Waals surface area contributed by atoms with E-state index in [1.54, 1.807) is 37.5 Å². The van der Waals surface area contributed by atoms with Gasteiger partial charge < -0.3 is 19.5 Å². The second kappa shape index (κ2) is 10.3. The van der Waals surface area contributed by atoms with Gasteiger partial charge in [0.2, 0.25) is 0 Å². The van der Waals surface area contributed by atoms with Crippen LogP contribution in [0.5, 0.6) is 11.5 Å². The quantitative estimate of drug-likeness (QED) is 0.458. The SMILES string of the molecule is CN/C=C\C(=[NH2+])NC(=O)c1cc(OCc2ccccc2)cc(OC2CCOC2)c1. The minimum absolute atomic E-state index is 0.0366. The van der Waals surface area contributed by atoms with E-state index in [1.807, 2.05) is 30.3 Å². The number of amidine groups is 1. The van der Waals surface area contributed by atoms with Crippen LogP contribution in [-0.4, -0.2) is 38.1 Å². The van der Waals surface area contributed by atoms with Crippen molar-refractivity contribution in [3.05, 3.63) is 71.9 Å². The second-order valence-corrected chi connectivity index (χ2v) is 6.60. The number of carbonyl (C=O) groups is 1. The predicted molar refractivity (Wildman–Crippen MR) is 110 cm³/mol. The number of hydrogen-bond donors (Lipinski definition) is 3. The maximum Gasteiger partial charge on any atom is 0.339 e. The number of benzene rings is 2. The monoisotopic (exact) mass is 396 g/mol. The van der Waals surface area contributed by atoms with Gasteiger partial charge in [0.25, 0.3) is 5.84 Å². The maximum atomic E-state index is 12.6. The van der Waals surface area contributed by atoms with E-state index in [-0.39, 0.29) is 17.8 Å². The minimum Gasteiger partial charge on any atom is -0.489 e. The van der Waals surface area contributed by atoms with Crippen LogP contribution < -0.4 is 25.5 Å². The van der Waals surface area contributed by atoms with Crippen molar-refractivity contribution in [2.75, 3.05) is 20.3 Å². The van der Waals surface area contributed by atoms with Crippen molar-refractivity contribution >= 4 is 11.7 Å². The molecule has 1 saturated heterocycles. The summed E-state index contributed by atoms with van der Waals surface area (Å²) in [7, 11) is 1.75. The number of ether oxygens (including phenoxy) is 3. The highest BCUT2D eigenvalue weighted by molar-refractivity contribution is 6.08. The Hall–Kier alpha value is -3.32. The summed E-state index contributed by atoms with van der Waals surface area (Å²) in [5.41, 5.74) is 1.43. The van der Waals surface area contributed by atoms with Gasteiger partial charge in [-0.1, -0.05) is 30.3 Å². The van der Waals surface area contributed by atoms with Gasteiger partial charge in [0.15, 0.2) is 0 Å². The highest BCUT2D eigenvalue weighted by atomic mass is 16.5. The Morgan fingerprint density at radius 1 is 1.24 bits per heavy atom. The fourth-order valence-corrected chi connectivity index (χ4v) is 2.81. The zero-order valence-electron chi connectivity index (χ0n) is 16.4. The first-order valence-electron chi connectivity index (χ1n) is 9.48. The van der Waals surface area contributed by atoms with Gasteiger partial charge in [-0.05, 0) is 17.7 Å². The summed E-state index contributed by atoms with van der Waals surface area (Å²) in [6.07, 6.45) is 3.97. The molecule has 1 amide bonds. The molecule has 1 unspecified atom stereocenters. The molecule has 0 aromatic heterocycles. The lowest BCUT2D eigenvalue weighted by Gasteiger charge is -2.14. The van der Waals surface area contributed by atoms with E-state index in [0.29, 0.717) is 36.9 Å². The first-order chi connectivity index (χ1) is 14.1. The zero-order chi connectivity index (χ0) is 20.5. The van der Waals surface area contributed by atoms with E-state index in [4.69, 9.17) is 19.6 Å². The largest absolute Gasteiger partial charge is 0.489 e. The molecule has 1 atom stereocenters. The summed E-state index contributed by atoms with van der Waals surface area (Å²) in [5.74, 6) is 0.980. The van der Waals surface area contributed by atoms with E-state index in [2.05, 4.69) is 10.6 Å². The molecular weight excluding hydrogens is 370 g/mol.